The molecule has 3 heterocycles. The fourth-order valence-corrected chi connectivity index (χ4v) is 3.26. The Balaban J connectivity index is 1.58. The van der Waals surface area contributed by atoms with Crippen molar-refractivity contribution in [2.45, 2.75) is 31.9 Å². The number of piperidine rings is 1. The molecule has 0 radical (unpaired) electrons. The van der Waals surface area contributed by atoms with E-state index in [0.29, 0.717) is 6.04 Å². The van der Waals surface area contributed by atoms with Gasteiger partial charge in [0.15, 0.2) is 0 Å². The summed E-state index contributed by atoms with van der Waals surface area (Å²) in [4.78, 5) is 13.7. The van der Waals surface area contributed by atoms with E-state index in [2.05, 4.69) is 26.7 Å². The third-order valence-corrected chi connectivity index (χ3v) is 4.53. The minimum absolute atomic E-state index is 0.0849. The lowest BCUT2D eigenvalue weighted by atomic mass is 10.0. The van der Waals surface area contributed by atoms with Crippen LogP contribution in [0.5, 0.6) is 0 Å². The molecular weight excluding hydrogens is 252 g/mol. The van der Waals surface area contributed by atoms with E-state index in [1.165, 1.54) is 32.5 Å². The summed E-state index contributed by atoms with van der Waals surface area (Å²) in [7, 11) is 0. The number of rotatable bonds is 3. The molecule has 5 nitrogen and oxygen atoms in total. The maximum Gasteiger partial charge on any atom is 0.114 e. The zero-order valence-corrected chi connectivity index (χ0v) is 12.2. The van der Waals surface area contributed by atoms with E-state index in [1.54, 1.807) is 12.4 Å². The molecule has 2 fully saturated rings. The summed E-state index contributed by atoms with van der Waals surface area (Å²) in [6.07, 6.45) is 7.93. The molecule has 0 amide bonds. The number of nitrogens with zero attached hydrogens (tertiary/aromatic N) is 4. The lowest BCUT2D eigenvalue weighted by Gasteiger charge is -2.41. The first-order valence-corrected chi connectivity index (χ1v) is 7.70. The van der Waals surface area contributed by atoms with E-state index in [0.717, 1.165) is 25.4 Å². The number of likely N-dealkylation sites (tertiary alicyclic amines) is 1. The van der Waals surface area contributed by atoms with E-state index in [-0.39, 0.29) is 6.10 Å². The monoisotopic (exact) mass is 276 g/mol. The number of hydrogen-bond acceptors (Lipinski definition) is 5. The van der Waals surface area contributed by atoms with Crippen LogP contribution < -0.4 is 0 Å². The summed E-state index contributed by atoms with van der Waals surface area (Å²) in [6.45, 7) is 8.69. The molecule has 0 bridgehead atoms. The van der Waals surface area contributed by atoms with E-state index >= 15 is 0 Å². The molecule has 2 aliphatic rings. The molecule has 0 spiro atoms. The summed E-state index contributed by atoms with van der Waals surface area (Å²) in [5, 5.41) is 0. The van der Waals surface area contributed by atoms with Gasteiger partial charge in [-0.15, -0.1) is 0 Å². The minimum atomic E-state index is 0.0849. The third-order valence-electron chi connectivity index (χ3n) is 4.53. The Kier molecular flexibility index (Phi) is 4.60. The molecule has 2 saturated heterocycles. The van der Waals surface area contributed by atoms with Crippen LogP contribution in [0.15, 0.2) is 18.6 Å². The molecule has 0 N–H and O–H groups in total. The van der Waals surface area contributed by atoms with Crippen molar-refractivity contribution < 1.29 is 4.74 Å². The summed E-state index contributed by atoms with van der Waals surface area (Å²) >= 11 is 0. The van der Waals surface area contributed by atoms with Gasteiger partial charge in [0.05, 0.1) is 18.5 Å². The predicted molar refractivity (Wildman–Crippen MR) is 77.4 cm³/mol. The summed E-state index contributed by atoms with van der Waals surface area (Å²) in [5.74, 6) is 0. The van der Waals surface area contributed by atoms with Crippen molar-refractivity contribution in [1.82, 2.24) is 19.8 Å². The van der Waals surface area contributed by atoms with Gasteiger partial charge in [-0.05, 0) is 32.5 Å². The molecular formula is C15H24N4O. The fraction of sp³-hybridized carbons (Fsp3) is 0.733. The lowest BCUT2D eigenvalue weighted by molar-refractivity contribution is -0.0551. The Bertz CT molecular complexity index is 406. The lowest BCUT2D eigenvalue weighted by Crippen LogP contribution is -2.49. The van der Waals surface area contributed by atoms with Crippen LogP contribution in [0.4, 0.5) is 0 Å². The molecule has 0 saturated carbocycles. The second-order valence-electron chi connectivity index (χ2n) is 5.65. The SMILES string of the molecule is CCN1CCC(N2CCO[C@@H](c3cnccn3)C2)CC1. The number of ether oxygens (including phenoxy) is 1. The van der Waals surface area contributed by atoms with E-state index in [9.17, 15) is 0 Å². The Morgan fingerprint density at radius 1 is 1.25 bits per heavy atom. The van der Waals surface area contributed by atoms with E-state index in [1.807, 2.05) is 6.20 Å². The number of hydrogen-bond donors (Lipinski definition) is 0. The van der Waals surface area contributed by atoms with Crippen molar-refractivity contribution in [2.24, 2.45) is 0 Å². The van der Waals surface area contributed by atoms with Crippen molar-refractivity contribution in [3.8, 4) is 0 Å². The smallest absolute Gasteiger partial charge is 0.114 e. The second-order valence-corrected chi connectivity index (χ2v) is 5.65. The Hall–Kier alpha value is -1.04. The number of aromatic nitrogens is 2. The topological polar surface area (TPSA) is 41.5 Å². The quantitative estimate of drug-likeness (QED) is 0.833. The van der Waals surface area contributed by atoms with Crippen LogP contribution in [0.2, 0.25) is 0 Å². The number of morpholine rings is 1. The largest absolute Gasteiger partial charge is 0.369 e. The molecule has 0 aromatic carbocycles. The van der Waals surface area contributed by atoms with Gasteiger partial charge in [-0.2, -0.15) is 0 Å². The molecule has 2 aliphatic heterocycles. The molecule has 3 rings (SSSR count). The average Bonchev–Trinajstić information content (AvgIpc) is 2.56. The van der Waals surface area contributed by atoms with Crippen LogP contribution in [0, 0.1) is 0 Å². The molecule has 5 heteroatoms. The van der Waals surface area contributed by atoms with Crippen LogP contribution in [-0.2, 0) is 4.74 Å². The standard InChI is InChI=1S/C15H24N4O/c1-2-18-7-3-13(4-8-18)19-9-10-20-15(12-19)14-11-16-5-6-17-14/h5-6,11,13,15H,2-4,7-10,12H2,1H3/t15-/m1/s1. The van der Waals surface area contributed by atoms with Gasteiger partial charge in [0.1, 0.15) is 6.10 Å². The van der Waals surface area contributed by atoms with Crippen LogP contribution in [-0.4, -0.2) is 65.1 Å². The Labute approximate surface area is 121 Å². The van der Waals surface area contributed by atoms with Gasteiger partial charge >= 0.3 is 0 Å². The van der Waals surface area contributed by atoms with Crippen molar-refractivity contribution in [1.29, 1.82) is 0 Å². The molecule has 1 aromatic rings. The normalized spacial score (nSPS) is 26.8. The van der Waals surface area contributed by atoms with Gasteiger partial charge < -0.3 is 9.64 Å². The zero-order valence-electron chi connectivity index (χ0n) is 12.2. The molecule has 0 unspecified atom stereocenters. The highest BCUT2D eigenvalue weighted by molar-refractivity contribution is 5.02. The predicted octanol–water partition coefficient (Wildman–Crippen LogP) is 1.33. The molecule has 1 atom stereocenters. The third kappa shape index (κ3) is 3.16. The summed E-state index contributed by atoms with van der Waals surface area (Å²) in [6, 6.07) is 0.709. The highest BCUT2D eigenvalue weighted by Crippen LogP contribution is 2.24. The Morgan fingerprint density at radius 3 is 2.80 bits per heavy atom. The van der Waals surface area contributed by atoms with E-state index < -0.39 is 0 Å². The first kappa shape index (κ1) is 13.9. The highest BCUT2D eigenvalue weighted by atomic mass is 16.5. The summed E-state index contributed by atoms with van der Waals surface area (Å²) in [5.41, 5.74) is 0.961. The van der Waals surface area contributed by atoms with Crippen molar-refractivity contribution in [3.05, 3.63) is 24.3 Å². The zero-order chi connectivity index (χ0) is 13.8. The first-order valence-electron chi connectivity index (χ1n) is 7.70. The maximum absolute atomic E-state index is 5.87. The van der Waals surface area contributed by atoms with Crippen LogP contribution in [0.1, 0.15) is 31.6 Å². The van der Waals surface area contributed by atoms with Gasteiger partial charge in [0, 0.05) is 31.5 Å². The fourth-order valence-electron chi connectivity index (χ4n) is 3.26. The van der Waals surface area contributed by atoms with Gasteiger partial charge in [-0.1, -0.05) is 6.92 Å². The van der Waals surface area contributed by atoms with Crippen molar-refractivity contribution in [2.75, 3.05) is 39.3 Å². The highest BCUT2D eigenvalue weighted by Gasteiger charge is 2.30. The second kappa shape index (κ2) is 6.61. The van der Waals surface area contributed by atoms with Crippen molar-refractivity contribution in [3.63, 3.8) is 0 Å². The molecule has 110 valence electrons. The Morgan fingerprint density at radius 2 is 2.10 bits per heavy atom. The minimum Gasteiger partial charge on any atom is -0.369 e. The van der Waals surface area contributed by atoms with Crippen molar-refractivity contribution >= 4 is 0 Å². The average molecular weight is 276 g/mol. The van der Waals surface area contributed by atoms with Gasteiger partial charge in [-0.3, -0.25) is 14.9 Å². The van der Waals surface area contributed by atoms with Gasteiger partial charge in [0.25, 0.3) is 0 Å². The first-order chi connectivity index (χ1) is 9.86. The van der Waals surface area contributed by atoms with Crippen LogP contribution >= 0.6 is 0 Å². The molecule has 0 aliphatic carbocycles. The van der Waals surface area contributed by atoms with Gasteiger partial charge in [0.2, 0.25) is 0 Å². The van der Waals surface area contributed by atoms with Crippen LogP contribution in [0.25, 0.3) is 0 Å². The molecule has 1 aromatic heterocycles. The summed E-state index contributed by atoms with van der Waals surface area (Å²) < 4.78 is 5.87. The maximum atomic E-state index is 5.87. The molecule has 20 heavy (non-hydrogen) atoms. The van der Waals surface area contributed by atoms with Crippen LogP contribution in [0.3, 0.4) is 0 Å². The van der Waals surface area contributed by atoms with Gasteiger partial charge in [-0.25, -0.2) is 0 Å². The van der Waals surface area contributed by atoms with E-state index in [4.69, 9.17) is 4.74 Å².